The number of aromatic hydroxyl groups is 1. The van der Waals surface area contributed by atoms with Gasteiger partial charge in [0.1, 0.15) is 5.75 Å². The second kappa shape index (κ2) is 6.78. The zero-order valence-electron chi connectivity index (χ0n) is 11.2. The zero-order chi connectivity index (χ0) is 15.2. The van der Waals surface area contributed by atoms with Gasteiger partial charge < -0.3 is 10.0 Å². The molecule has 0 aliphatic carbocycles. The highest BCUT2D eigenvalue weighted by Gasteiger charge is 2.20. The summed E-state index contributed by atoms with van der Waals surface area (Å²) in [4.78, 5) is 14.1. The number of hydrogen-bond acceptors (Lipinski definition) is 3. The van der Waals surface area contributed by atoms with Crippen molar-refractivity contribution in [1.29, 1.82) is 5.26 Å². The van der Waals surface area contributed by atoms with Crippen molar-refractivity contribution in [3.05, 3.63) is 59.1 Å². The number of hydrogen-bond donors (Lipinski definition) is 1. The second-order valence-electron chi connectivity index (χ2n) is 4.36. The standard InChI is InChI=1S/C16H13ClN2O2/c17-15-8-7-13(20)11-14(15)16(21)19(10-4-9-18)12-5-2-1-3-6-12/h1-3,5-8,11,20H,4,10H2. The van der Waals surface area contributed by atoms with Crippen LogP contribution in [0.1, 0.15) is 16.8 Å². The minimum Gasteiger partial charge on any atom is -0.508 e. The molecule has 0 saturated heterocycles. The molecular weight excluding hydrogens is 288 g/mol. The highest BCUT2D eigenvalue weighted by atomic mass is 35.5. The summed E-state index contributed by atoms with van der Waals surface area (Å²) in [6, 6.07) is 15.3. The number of phenolic OH excluding ortho intramolecular Hbond substituents is 1. The van der Waals surface area contributed by atoms with Gasteiger partial charge >= 0.3 is 0 Å². The lowest BCUT2D eigenvalue weighted by molar-refractivity contribution is 0.0987. The van der Waals surface area contributed by atoms with Gasteiger partial charge in [-0.15, -0.1) is 0 Å². The van der Waals surface area contributed by atoms with E-state index >= 15 is 0 Å². The average molecular weight is 301 g/mol. The highest BCUT2D eigenvalue weighted by molar-refractivity contribution is 6.34. The Bertz CT molecular complexity index is 680. The van der Waals surface area contributed by atoms with Gasteiger partial charge in [-0.3, -0.25) is 4.79 Å². The van der Waals surface area contributed by atoms with Crippen LogP contribution in [0.3, 0.4) is 0 Å². The maximum atomic E-state index is 12.6. The van der Waals surface area contributed by atoms with E-state index in [0.717, 1.165) is 0 Å². The van der Waals surface area contributed by atoms with Crippen LogP contribution in [0, 0.1) is 11.3 Å². The summed E-state index contributed by atoms with van der Waals surface area (Å²) >= 11 is 6.03. The molecule has 0 heterocycles. The van der Waals surface area contributed by atoms with E-state index < -0.39 is 0 Å². The number of rotatable bonds is 4. The zero-order valence-corrected chi connectivity index (χ0v) is 11.9. The van der Waals surface area contributed by atoms with Gasteiger partial charge in [-0.25, -0.2) is 0 Å². The predicted molar refractivity (Wildman–Crippen MR) is 81.5 cm³/mol. The van der Waals surface area contributed by atoms with Gasteiger partial charge in [0, 0.05) is 12.2 Å². The van der Waals surface area contributed by atoms with E-state index in [2.05, 4.69) is 0 Å². The number of carbonyl (C=O) groups excluding carboxylic acids is 1. The topological polar surface area (TPSA) is 64.3 Å². The van der Waals surface area contributed by atoms with Crippen LogP contribution in [0.4, 0.5) is 5.69 Å². The normalized spacial score (nSPS) is 9.90. The first-order valence-electron chi connectivity index (χ1n) is 6.36. The van der Waals surface area contributed by atoms with Crippen LogP contribution < -0.4 is 4.90 Å². The molecule has 5 heteroatoms. The van der Waals surface area contributed by atoms with Crippen LogP contribution >= 0.6 is 11.6 Å². The van der Waals surface area contributed by atoms with Crippen LogP contribution in [0.2, 0.25) is 5.02 Å². The molecule has 0 unspecified atom stereocenters. The van der Waals surface area contributed by atoms with Crippen molar-refractivity contribution in [2.24, 2.45) is 0 Å². The van der Waals surface area contributed by atoms with E-state index in [1.807, 2.05) is 24.3 Å². The van der Waals surface area contributed by atoms with Crippen molar-refractivity contribution < 1.29 is 9.90 Å². The second-order valence-corrected chi connectivity index (χ2v) is 4.77. The van der Waals surface area contributed by atoms with E-state index in [4.69, 9.17) is 16.9 Å². The molecule has 1 N–H and O–H groups in total. The van der Waals surface area contributed by atoms with E-state index in [9.17, 15) is 9.90 Å². The van der Waals surface area contributed by atoms with Crippen LogP contribution in [0.15, 0.2) is 48.5 Å². The molecule has 0 saturated carbocycles. The van der Waals surface area contributed by atoms with E-state index in [-0.39, 0.29) is 35.2 Å². The van der Waals surface area contributed by atoms with Crippen molar-refractivity contribution in [3.63, 3.8) is 0 Å². The van der Waals surface area contributed by atoms with E-state index in [0.29, 0.717) is 5.69 Å². The van der Waals surface area contributed by atoms with Gasteiger partial charge in [-0.05, 0) is 30.3 Å². The molecule has 21 heavy (non-hydrogen) atoms. The minimum atomic E-state index is -0.350. The Kier molecular flexibility index (Phi) is 4.81. The van der Waals surface area contributed by atoms with Gasteiger partial charge in [-0.1, -0.05) is 29.8 Å². The summed E-state index contributed by atoms with van der Waals surface area (Å²) in [6.45, 7) is 0.255. The smallest absolute Gasteiger partial charge is 0.259 e. The Morgan fingerprint density at radius 1 is 1.24 bits per heavy atom. The summed E-state index contributed by atoms with van der Waals surface area (Å²) in [5.74, 6) is -0.381. The Balaban J connectivity index is 2.39. The molecule has 2 rings (SSSR count). The summed E-state index contributed by atoms with van der Waals surface area (Å²) in [5.41, 5.74) is 0.885. The Hall–Kier alpha value is -2.51. The molecule has 1 amide bonds. The Labute approximate surface area is 127 Å². The fourth-order valence-electron chi connectivity index (χ4n) is 1.94. The summed E-state index contributed by atoms with van der Waals surface area (Å²) in [5, 5.41) is 18.6. The number of anilines is 1. The van der Waals surface area contributed by atoms with Gasteiger partial charge in [0.25, 0.3) is 5.91 Å². The quantitative estimate of drug-likeness (QED) is 0.938. The van der Waals surface area contributed by atoms with Crippen molar-refractivity contribution in [2.75, 3.05) is 11.4 Å². The van der Waals surface area contributed by atoms with Crippen LogP contribution in [0.5, 0.6) is 5.75 Å². The number of amides is 1. The van der Waals surface area contributed by atoms with Crippen molar-refractivity contribution in [3.8, 4) is 11.8 Å². The monoisotopic (exact) mass is 300 g/mol. The molecule has 0 radical (unpaired) electrons. The number of halogens is 1. The van der Waals surface area contributed by atoms with Gasteiger partial charge in [0.05, 0.1) is 23.1 Å². The maximum absolute atomic E-state index is 12.6. The summed E-state index contributed by atoms with van der Waals surface area (Å²) in [6.07, 6.45) is 0.205. The SMILES string of the molecule is N#CCCN(C(=O)c1cc(O)ccc1Cl)c1ccccc1. The van der Waals surface area contributed by atoms with Crippen LogP contribution in [0.25, 0.3) is 0 Å². The molecular formula is C16H13ClN2O2. The lowest BCUT2D eigenvalue weighted by Crippen LogP contribution is -2.32. The molecule has 0 aliphatic heterocycles. The molecule has 4 nitrogen and oxygen atoms in total. The Morgan fingerprint density at radius 3 is 2.62 bits per heavy atom. The van der Waals surface area contributed by atoms with Crippen LogP contribution in [-0.4, -0.2) is 17.6 Å². The summed E-state index contributed by atoms with van der Waals surface area (Å²) < 4.78 is 0. The van der Waals surface area contributed by atoms with Gasteiger partial charge in [-0.2, -0.15) is 5.26 Å². The fourth-order valence-corrected chi connectivity index (χ4v) is 2.14. The van der Waals surface area contributed by atoms with Crippen molar-refractivity contribution in [1.82, 2.24) is 0 Å². The first-order valence-corrected chi connectivity index (χ1v) is 6.73. The summed E-state index contributed by atoms with van der Waals surface area (Å²) in [7, 11) is 0. The molecule has 0 aromatic heterocycles. The number of nitriles is 1. The van der Waals surface area contributed by atoms with E-state index in [1.54, 1.807) is 12.1 Å². The maximum Gasteiger partial charge on any atom is 0.259 e. The highest BCUT2D eigenvalue weighted by Crippen LogP contribution is 2.25. The van der Waals surface area contributed by atoms with Crippen molar-refractivity contribution >= 4 is 23.2 Å². The number of nitrogens with zero attached hydrogens (tertiary/aromatic N) is 2. The lowest BCUT2D eigenvalue weighted by atomic mass is 10.1. The predicted octanol–water partition coefficient (Wildman–Crippen LogP) is 3.61. The molecule has 0 fully saturated rings. The third-order valence-electron chi connectivity index (χ3n) is 2.94. The van der Waals surface area contributed by atoms with E-state index in [1.165, 1.54) is 23.1 Å². The molecule has 2 aromatic carbocycles. The number of phenols is 1. The molecule has 2 aromatic rings. The first kappa shape index (κ1) is 14.9. The largest absolute Gasteiger partial charge is 0.508 e. The number of para-hydroxylation sites is 1. The third kappa shape index (κ3) is 3.53. The van der Waals surface area contributed by atoms with Gasteiger partial charge in [0.15, 0.2) is 0 Å². The Morgan fingerprint density at radius 2 is 1.95 bits per heavy atom. The molecule has 0 spiro atoms. The minimum absolute atomic E-state index is 0.0314. The molecule has 0 atom stereocenters. The fraction of sp³-hybridized carbons (Fsp3) is 0.125. The van der Waals surface area contributed by atoms with Crippen molar-refractivity contribution in [2.45, 2.75) is 6.42 Å². The third-order valence-corrected chi connectivity index (χ3v) is 3.27. The average Bonchev–Trinajstić information content (AvgIpc) is 2.51. The molecule has 0 aliphatic rings. The van der Waals surface area contributed by atoms with Crippen LogP contribution in [-0.2, 0) is 0 Å². The van der Waals surface area contributed by atoms with Gasteiger partial charge in [0.2, 0.25) is 0 Å². The number of carbonyl (C=O) groups is 1. The molecule has 106 valence electrons. The molecule has 0 bridgehead atoms. The first-order chi connectivity index (χ1) is 10.1. The lowest BCUT2D eigenvalue weighted by Gasteiger charge is -2.22. The number of benzene rings is 2.